The molecule has 1 aromatic rings. The van der Waals surface area contributed by atoms with E-state index in [1.165, 1.54) is 0 Å². The van der Waals surface area contributed by atoms with Gasteiger partial charge in [0.2, 0.25) is 0 Å². The van der Waals surface area contributed by atoms with Crippen molar-refractivity contribution < 1.29 is 9.53 Å². The van der Waals surface area contributed by atoms with E-state index in [1.54, 1.807) is 0 Å². The van der Waals surface area contributed by atoms with Gasteiger partial charge in [0.15, 0.2) is 0 Å². The van der Waals surface area contributed by atoms with E-state index in [2.05, 4.69) is 5.32 Å². The lowest BCUT2D eigenvalue weighted by molar-refractivity contribution is -0.158. The number of hydrogen-bond donors (Lipinski definition) is 2. The van der Waals surface area contributed by atoms with Crippen molar-refractivity contribution in [1.29, 1.82) is 0 Å². The van der Waals surface area contributed by atoms with Crippen molar-refractivity contribution in [1.82, 2.24) is 5.32 Å². The summed E-state index contributed by atoms with van der Waals surface area (Å²) in [5, 5.41) is 3.24. The zero-order valence-electron chi connectivity index (χ0n) is 13.1. The molecule has 0 saturated heterocycles. The van der Waals surface area contributed by atoms with Crippen LogP contribution >= 0.6 is 0 Å². The Morgan fingerprint density at radius 1 is 1.30 bits per heavy atom. The molecule has 0 aliphatic heterocycles. The quantitative estimate of drug-likeness (QED) is 0.642. The van der Waals surface area contributed by atoms with Gasteiger partial charge in [-0.3, -0.25) is 10.1 Å². The number of para-hydroxylation sites is 1. The fourth-order valence-corrected chi connectivity index (χ4v) is 1.87. The Hall–Kier alpha value is -1.55. The van der Waals surface area contributed by atoms with Gasteiger partial charge in [-0.15, -0.1) is 0 Å². The topological polar surface area (TPSA) is 64.3 Å². The molecule has 0 aliphatic rings. The minimum atomic E-state index is -0.475. The Morgan fingerprint density at radius 3 is 2.40 bits per heavy atom. The molecule has 0 spiro atoms. The molecule has 4 heteroatoms. The first-order valence-electron chi connectivity index (χ1n) is 7.00. The van der Waals surface area contributed by atoms with E-state index in [0.717, 1.165) is 11.3 Å². The second-order valence-electron chi connectivity index (χ2n) is 6.33. The monoisotopic (exact) mass is 278 g/mol. The van der Waals surface area contributed by atoms with E-state index in [0.29, 0.717) is 6.54 Å². The normalized spacial score (nSPS) is 13.3. The molecular weight excluding hydrogens is 252 g/mol. The Bertz CT molecular complexity index is 450. The maximum Gasteiger partial charge on any atom is 0.323 e. The number of nitrogens with two attached hydrogens (primary N) is 1. The van der Waals surface area contributed by atoms with Crippen LogP contribution in [0.25, 0.3) is 0 Å². The highest BCUT2D eigenvalue weighted by Gasteiger charge is 2.27. The zero-order chi connectivity index (χ0) is 15.3. The Kier molecular flexibility index (Phi) is 5.57. The zero-order valence-corrected chi connectivity index (χ0v) is 13.1. The highest BCUT2D eigenvalue weighted by molar-refractivity contribution is 5.76. The number of esters is 1. The van der Waals surface area contributed by atoms with Crippen LogP contribution in [0.1, 0.15) is 40.2 Å². The molecule has 0 aliphatic carbocycles. The average molecular weight is 278 g/mol. The summed E-state index contributed by atoms with van der Waals surface area (Å²) < 4.78 is 5.45. The van der Waals surface area contributed by atoms with Gasteiger partial charge < -0.3 is 10.5 Å². The Balaban J connectivity index is 2.69. The second-order valence-corrected chi connectivity index (χ2v) is 6.33. The number of ether oxygens (including phenoxy) is 1. The molecule has 20 heavy (non-hydrogen) atoms. The third kappa shape index (κ3) is 5.21. The largest absolute Gasteiger partial charge is 0.459 e. The van der Waals surface area contributed by atoms with Gasteiger partial charge in [-0.1, -0.05) is 32.0 Å². The van der Waals surface area contributed by atoms with Crippen LogP contribution in [-0.2, 0) is 16.1 Å². The van der Waals surface area contributed by atoms with Crippen LogP contribution in [0.15, 0.2) is 24.3 Å². The number of nitrogen functional groups attached to an aromatic ring is 1. The predicted octanol–water partition coefficient (Wildman–Crippen LogP) is 2.72. The van der Waals surface area contributed by atoms with Crippen molar-refractivity contribution in [2.24, 2.45) is 5.92 Å². The lowest BCUT2D eigenvalue weighted by atomic mass is 10.0. The standard InChI is InChI=1S/C16H26N2O2/c1-11(2)14(15(19)20-16(3,4)5)18-10-12-8-6-7-9-13(12)17/h6-9,11,14,18H,10,17H2,1-5H3/t14-/m0/s1. The molecule has 0 amide bonds. The van der Waals surface area contributed by atoms with Crippen LogP contribution in [0, 0.1) is 5.92 Å². The molecule has 1 atom stereocenters. The van der Waals surface area contributed by atoms with Gasteiger partial charge in [0.1, 0.15) is 11.6 Å². The van der Waals surface area contributed by atoms with Crippen LogP contribution in [0.3, 0.4) is 0 Å². The highest BCUT2D eigenvalue weighted by Crippen LogP contribution is 2.14. The van der Waals surface area contributed by atoms with E-state index in [9.17, 15) is 4.79 Å². The van der Waals surface area contributed by atoms with Crippen molar-refractivity contribution >= 4 is 11.7 Å². The summed E-state index contributed by atoms with van der Waals surface area (Å²) in [5.41, 5.74) is 7.15. The summed E-state index contributed by atoms with van der Waals surface area (Å²) in [4.78, 5) is 12.2. The molecule has 0 unspecified atom stereocenters. The van der Waals surface area contributed by atoms with E-state index >= 15 is 0 Å². The average Bonchev–Trinajstić information content (AvgIpc) is 2.28. The first-order valence-corrected chi connectivity index (χ1v) is 7.00. The van der Waals surface area contributed by atoms with E-state index in [1.807, 2.05) is 58.9 Å². The molecule has 3 N–H and O–H groups in total. The first-order chi connectivity index (χ1) is 9.20. The summed E-state index contributed by atoms with van der Waals surface area (Å²) >= 11 is 0. The lowest BCUT2D eigenvalue weighted by Gasteiger charge is -2.26. The molecule has 0 heterocycles. The molecule has 0 aromatic heterocycles. The highest BCUT2D eigenvalue weighted by atomic mass is 16.6. The number of anilines is 1. The van der Waals surface area contributed by atoms with Crippen LogP contribution in [0.2, 0.25) is 0 Å². The van der Waals surface area contributed by atoms with Crippen molar-refractivity contribution in [3.8, 4) is 0 Å². The Labute approximate surface area is 121 Å². The summed E-state index contributed by atoms with van der Waals surface area (Å²) in [7, 11) is 0. The molecule has 112 valence electrons. The lowest BCUT2D eigenvalue weighted by Crippen LogP contribution is -2.44. The minimum absolute atomic E-state index is 0.148. The van der Waals surface area contributed by atoms with Crippen molar-refractivity contribution in [2.75, 3.05) is 5.73 Å². The van der Waals surface area contributed by atoms with Crippen LogP contribution in [-0.4, -0.2) is 17.6 Å². The second kappa shape index (κ2) is 6.75. The summed E-state index contributed by atoms with van der Waals surface area (Å²) in [6.45, 7) is 10.2. The third-order valence-electron chi connectivity index (χ3n) is 2.89. The van der Waals surface area contributed by atoms with Gasteiger partial charge in [-0.05, 0) is 38.3 Å². The summed E-state index contributed by atoms with van der Waals surface area (Å²) in [5.74, 6) is -0.0724. The fraction of sp³-hybridized carbons (Fsp3) is 0.562. The maximum absolute atomic E-state index is 12.2. The Morgan fingerprint density at radius 2 is 1.90 bits per heavy atom. The van der Waals surface area contributed by atoms with Crippen molar-refractivity contribution in [3.63, 3.8) is 0 Å². The number of benzene rings is 1. The molecule has 4 nitrogen and oxygen atoms in total. The minimum Gasteiger partial charge on any atom is -0.459 e. The molecule has 0 bridgehead atoms. The van der Waals surface area contributed by atoms with Gasteiger partial charge >= 0.3 is 5.97 Å². The number of carbonyl (C=O) groups excluding carboxylic acids is 1. The van der Waals surface area contributed by atoms with Crippen LogP contribution in [0.5, 0.6) is 0 Å². The fourth-order valence-electron chi connectivity index (χ4n) is 1.87. The van der Waals surface area contributed by atoms with Crippen LogP contribution < -0.4 is 11.1 Å². The van der Waals surface area contributed by atoms with Gasteiger partial charge in [0, 0.05) is 12.2 Å². The van der Waals surface area contributed by atoms with E-state index in [4.69, 9.17) is 10.5 Å². The molecule has 1 rings (SSSR count). The van der Waals surface area contributed by atoms with Crippen molar-refractivity contribution in [3.05, 3.63) is 29.8 Å². The van der Waals surface area contributed by atoms with E-state index < -0.39 is 5.60 Å². The number of nitrogens with one attached hydrogen (secondary N) is 1. The number of carbonyl (C=O) groups is 1. The van der Waals surface area contributed by atoms with Gasteiger partial charge in [0.05, 0.1) is 0 Å². The molecule has 0 saturated carbocycles. The van der Waals surface area contributed by atoms with Gasteiger partial charge in [-0.2, -0.15) is 0 Å². The molecule has 0 fully saturated rings. The van der Waals surface area contributed by atoms with Gasteiger partial charge in [0.25, 0.3) is 0 Å². The molecule has 1 aromatic carbocycles. The number of rotatable bonds is 5. The van der Waals surface area contributed by atoms with Crippen LogP contribution in [0.4, 0.5) is 5.69 Å². The maximum atomic E-state index is 12.2. The van der Waals surface area contributed by atoms with E-state index in [-0.39, 0.29) is 17.9 Å². The predicted molar refractivity (Wildman–Crippen MR) is 82.2 cm³/mol. The molecular formula is C16H26N2O2. The third-order valence-corrected chi connectivity index (χ3v) is 2.89. The first kappa shape index (κ1) is 16.5. The number of hydrogen-bond acceptors (Lipinski definition) is 4. The molecule has 0 radical (unpaired) electrons. The SMILES string of the molecule is CC(C)[C@H](NCc1ccccc1N)C(=O)OC(C)(C)C. The summed E-state index contributed by atoms with van der Waals surface area (Å²) in [6, 6.07) is 7.30. The van der Waals surface area contributed by atoms with Crippen molar-refractivity contribution in [2.45, 2.75) is 52.8 Å². The summed E-state index contributed by atoms with van der Waals surface area (Å²) in [6.07, 6.45) is 0. The smallest absolute Gasteiger partial charge is 0.323 e. The van der Waals surface area contributed by atoms with Gasteiger partial charge in [-0.25, -0.2) is 0 Å².